The second-order valence-electron chi connectivity index (χ2n) is 6.68. The Morgan fingerprint density at radius 3 is 1.08 bits per heavy atom. The lowest BCUT2D eigenvalue weighted by Crippen LogP contribution is -2.42. The number of halogens is 1. The molecule has 0 heterocycles. The minimum Gasteiger partial charge on any atom is -0.377 e. The molecule has 0 amide bonds. The Hall–Kier alpha value is 0.577. The summed E-state index contributed by atoms with van der Waals surface area (Å²) in [7, 11) is 2.77. The van der Waals surface area contributed by atoms with Crippen LogP contribution < -0.4 is 0 Å². The molecule has 0 saturated carbocycles. The topological polar surface area (TPSA) is 27.7 Å². The first-order valence-electron chi connectivity index (χ1n) is 9.96. The molecule has 146 valence electrons. The van der Waals surface area contributed by atoms with Crippen molar-refractivity contribution in [2.45, 2.75) is 95.9 Å². The number of alkyl halides is 1. The standard InChI is InChI=1S/C19H41BrO3Si/c1-21-24(22-2,23-3)19-17-15-13-11-9-7-5-4-6-8-10-12-14-16-18-20/h4-19H2,1-3H3. The maximum absolute atomic E-state index is 5.45. The molecule has 0 aromatic heterocycles. The molecular formula is C19H41BrO3Si. The maximum Gasteiger partial charge on any atom is 0.500 e. The molecule has 3 nitrogen and oxygen atoms in total. The highest BCUT2D eigenvalue weighted by atomic mass is 79.9. The summed E-state index contributed by atoms with van der Waals surface area (Å²) in [5, 5.41) is 1.17. The summed E-state index contributed by atoms with van der Waals surface area (Å²) in [4.78, 5) is 0. The summed E-state index contributed by atoms with van der Waals surface area (Å²) in [5.41, 5.74) is 0. The van der Waals surface area contributed by atoms with Crippen molar-refractivity contribution in [3.8, 4) is 0 Å². The van der Waals surface area contributed by atoms with Crippen LogP contribution in [0.3, 0.4) is 0 Å². The zero-order valence-corrected chi connectivity index (χ0v) is 19.0. The van der Waals surface area contributed by atoms with Crippen LogP contribution in [0.2, 0.25) is 6.04 Å². The first-order chi connectivity index (χ1) is 11.7. The number of hydrogen-bond donors (Lipinski definition) is 0. The van der Waals surface area contributed by atoms with Crippen molar-refractivity contribution in [3.63, 3.8) is 0 Å². The van der Waals surface area contributed by atoms with Crippen molar-refractivity contribution in [3.05, 3.63) is 0 Å². The van der Waals surface area contributed by atoms with Crippen molar-refractivity contribution in [2.75, 3.05) is 26.7 Å². The van der Waals surface area contributed by atoms with E-state index >= 15 is 0 Å². The second kappa shape index (κ2) is 18.4. The molecule has 0 unspecified atom stereocenters. The van der Waals surface area contributed by atoms with Crippen molar-refractivity contribution >= 4 is 24.7 Å². The van der Waals surface area contributed by atoms with E-state index in [4.69, 9.17) is 13.3 Å². The molecule has 0 spiro atoms. The lowest BCUT2D eigenvalue weighted by atomic mass is 10.0. The molecule has 0 atom stereocenters. The third-order valence-electron chi connectivity index (χ3n) is 4.80. The van der Waals surface area contributed by atoms with Gasteiger partial charge in [0.15, 0.2) is 0 Å². The van der Waals surface area contributed by atoms with Crippen LogP contribution in [0.1, 0.15) is 89.9 Å². The predicted molar refractivity (Wildman–Crippen MR) is 110 cm³/mol. The van der Waals surface area contributed by atoms with Gasteiger partial charge in [0.05, 0.1) is 0 Å². The van der Waals surface area contributed by atoms with Crippen molar-refractivity contribution in [1.29, 1.82) is 0 Å². The van der Waals surface area contributed by atoms with Crippen LogP contribution in [0.25, 0.3) is 0 Å². The molecule has 0 saturated heterocycles. The highest BCUT2D eigenvalue weighted by molar-refractivity contribution is 9.09. The summed E-state index contributed by atoms with van der Waals surface area (Å²) in [5.74, 6) is 0. The average Bonchev–Trinajstić information content (AvgIpc) is 2.62. The Morgan fingerprint density at radius 1 is 0.500 bits per heavy atom. The van der Waals surface area contributed by atoms with E-state index in [-0.39, 0.29) is 0 Å². The molecule has 0 aromatic rings. The first-order valence-corrected chi connectivity index (χ1v) is 13.0. The van der Waals surface area contributed by atoms with Gasteiger partial charge in [-0.1, -0.05) is 93.0 Å². The third kappa shape index (κ3) is 13.8. The van der Waals surface area contributed by atoms with Crippen molar-refractivity contribution < 1.29 is 13.3 Å². The Morgan fingerprint density at radius 2 is 0.792 bits per heavy atom. The molecule has 5 heteroatoms. The fourth-order valence-corrected chi connectivity index (χ4v) is 5.31. The van der Waals surface area contributed by atoms with E-state index in [0.717, 1.165) is 12.5 Å². The van der Waals surface area contributed by atoms with Gasteiger partial charge in [0.2, 0.25) is 0 Å². The summed E-state index contributed by atoms with van der Waals surface area (Å²) in [6.07, 6.45) is 19.2. The Balaban J connectivity index is 3.23. The molecule has 24 heavy (non-hydrogen) atoms. The van der Waals surface area contributed by atoms with Gasteiger partial charge in [0.1, 0.15) is 0 Å². The van der Waals surface area contributed by atoms with E-state index in [9.17, 15) is 0 Å². The number of rotatable bonds is 19. The molecule has 0 aromatic carbocycles. The van der Waals surface area contributed by atoms with Crippen LogP contribution in [0.4, 0.5) is 0 Å². The molecule has 0 aliphatic rings. The highest BCUT2D eigenvalue weighted by Crippen LogP contribution is 2.18. The lowest BCUT2D eigenvalue weighted by Gasteiger charge is -2.24. The maximum atomic E-state index is 5.45. The normalized spacial score (nSPS) is 12.0. The van der Waals surface area contributed by atoms with Gasteiger partial charge in [-0.15, -0.1) is 0 Å². The first kappa shape index (κ1) is 24.6. The molecule has 0 rings (SSSR count). The van der Waals surface area contributed by atoms with E-state index in [1.165, 1.54) is 88.8 Å². The van der Waals surface area contributed by atoms with Gasteiger partial charge < -0.3 is 13.3 Å². The predicted octanol–water partition coefficient (Wildman–Crippen LogP) is 6.72. The van der Waals surface area contributed by atoms with Crippen LogP contribution in [0, 0.1) is 0 Å². The van der Waals surface area contributed by atoms with Gasteiger partial charge in [0.25, 0.3) is 0 Å². The van der Waals surface area contributed by atoms with Gasteiger partial charge in [0, 0.05) is 32.7 Å². The summed E-state index contributed by atoms with van der Waals surface area (Å²) in [6, 6.07) is 0.937. The molecule has 0 aliphatic carbocycles. The van der Waals surface area contributed by atoms with Gasteiger partial charge in [-0.2, -0.15) is 0 Å². The third-order valence-corrected chi connectivity index (χ3v) is 8.19. The van der Waals surface area contributed by atoms with Gasteiger partial charge >= 0.3 is 8.80 Å². The van der Waals surface area contributed by atoms with Crippen LogP contribution in [-0.4, -0.2) is 35.5 Å². The van der Waals surface area contributed by atoms with E-state index in [0.29, 0.717) is 0 Å². The van der Waals surface area contributed by atoms with Crippen LogP contribution in [0.5, 0.6) is 0 Å². The minimum atomic E-state index is -2.32. The van der Waals surface area contributed by atoms with E-state index < -0.39 is 8.80 Å². The molecule has 0 aliphatic heterocycles. The number of unbranched alkanes of at least 4 members (excludes halogenated alkanes) is 13. The Labute approximate surface area is 160 Å². The molecule has 0 N–H and O–H groups in total. The minimum absolute atomic E-state index is 0.937. The second-order valence-corrected chi connectivity index (χ2v) is 10.6. The molecule has 0 radical (unpaired) electrons. The molecule has 0 fully saturated rings. The van der Waals surface area contributed by atoms with E-state index in [2.05, 4.69) is 15.9 Å². The quantitative estimate of drug-likeness (QED) is 0.131. The van der Waals surface area contributed by atoms with Crippen molar-refractivity contribution in [2.24, 2.45) is 0 Å². The number of hydrogen-bond acceptors (Lipinski definition) is 3. The lowest BCUT2D eigenvalue weighted by molar-refractivity contribution is 0.122. The zero-order chi connectivity index (χ0) is 17.9. The monoisotopic (exact) mass is 424 g/mol. The van der Waals surface area contributed by atoms with Crippen LogP contribution >= 0.6 is 15.9 Å². The Kier molecular flexibility index (Phi) is 18.8. The van der Waals surface area contributed by atoms with Gasteiger partial charge in [-0.3, -0.25) is 0 Å². The summed E-state index contributed by atoms with van der Waals surface area (Å²) in [6.45, 7) is 0. The molecule has 0 bridgehead atoms. The van der Waals surface area contributed by atoms with Crippen LogP contribution in [-0.2, 0) is 13.3 Å². The molecular weight excluding hydrogens is 384 g/mol. The smallest absolute Gasteiger partial charge is 0.377 e. The summed E-state index contributed by atoms with van der Waals surface area (Å²) < 4.78 is 16.3. The zero-order valence-electron chi connectivity index (χ0n) is 16.4. The highest BCUT2D eigenvalue weighted by Gasteiger charge is 2.36. The Bertz CT molecular complexity index is 243. The average molecular weight is 426 g/mol. The SMILES string of the molecule is CO[Si](CCCCCCCCCCCCCCCCBr)(OC)OC. The largest absolute Gasteiger partial charge is 0.500 e. The van der Waals surface area contributed by atoms with E-state index in [1.54, 1.807) is 21.3 Å². The van der Waals surface area contributed by atoms with Gasteiger partial charge in [-0.25, -0.2) is 0 Å². The van der Waals surface area contributed by atoms with E-state index in [1.807, 2.05) is 0 Å². The fourth-order valence-electron chi connectivity index (χ4n) is 3.11. The van der Waals surface area contributed by atoms with Crippen molar-refractivity contribution in [1.82, 2.24) is 0 Å². The van der Waals surface area contributed by atoms with Gasteiger partial charge in [-0.05, 0) is 12.8 Å². The fraction of sp³-hybridized carbons (Fsp3) is 1.00. The summed E-state index contributed by atoms with van der Waals surface area (Å²) >= 11 is 3.49. The van der Waals surface area contributed by atoms with Crippen LogP contribution in [0.15, 0.2) is 0 Å².